The van der Waals surface area contributed by atoms with Crippen LogP contribution in [0, 0.1) is 12.8 Å². The summed E-state index contributed by atoms with van der Waals surface area (Å²) in [4.78, 5) is 29.3. The van der Waals surface area contributed by atoms with Crippen LogP contribution in [0.5, 0.6) is 0 Å². The Morgan fingerprint density at radius 2 is 2.31 bits per heavy atom. The molecule has 1 aliphatic rings. The fourth-order valence-corrected chi connectivity index (χ4v) is 3.41. The van der Waals surface area contributed by atoms with Crippen molar-refractivity contribution in [2.45, 2.75) is 39.3 Å². The van der Waals surface area contributed by atoms with Gasteiger partial charge in [0.1, 0.15) is 5.56 Å². The van der Waals surface area contributed by atoms with Crippen molar-refractivity contribution in [3.8, 4) is 0 Å². The lowest BCUT2D eigenvalue weighted by Gasteiger charge is -2.23. The van der Waals surface area contributed by atoms with Crippen LogP contribution in [0.15, 0.2) is 35.8 Å². The molecule has 0 bridgehead atoms. The molecule has 2 aromatic rings. The van der Waals surface area contributed by atoms with Crippen molar-refractivity contribution >= 4 is 5.91 Å². The van der Waals surface area contributed by atoms with Gasteiger partial charge in [0.05, 0.1) is 6.33 Å². The Morgan fingerprint density at radius 3 is 3.04 bits per heavy atom. The molecule has 1 saturated heterocycles. The summed E-state index contributed by atoms with van der Waals surface area (Å²) in [6, 6.07) is 1.86. The Morgan fingerprint density at radius 1 is 1.42 bits per heavy atom. The summed E-state index contributed by atoms with van der Waals surface area (Å²) in [5.74, 6) is 0.157. The predicted octanol–water partition coefficient (Wildman–Crippen LogP) is 1.17. The standard InChI is InChI=1S/C19H27N5O2/c1-15-5-10-24(13-16-4-2-6-20-12-16)19(26)17(15)18(25)22-7-3-9-23-11-8-21-14-23/h5,8,10-11,14,16,20H,2-4,6-7,9,12-13H2,1H3,(H,22,25). The maximum Gasteiger partial charge on any atom is 0.263 e. The van der Waals surface area contributed by atoms with Crippen molar-refractivity contribution in [2.75, 3.05) is 19.6 Å². The minimum Gasteiger partial charge on any atom is -0.352 e. The van der Waals surface area contributed by atoms with Crippen molar-refractivity contribution in [2.24, 2.45) is 5.92 Å². The van der Waals surface area contributed by atoms with E-state index >= 15 is 0 Å². The average Bonchev–Trinajstić information content (AvgIpc) is 3.16. The number of aromatic nitrogens is 3. The van der Waals surface area contributed by atoms with E-state index in [1.165, 1.54) is 0 Å². The summed E-state index contributed by atoms with van der Waals surface area (Å²) >= 11 is 0. The molecule has 1 aliphatic heterocycles. The number of carbonyl (C=O) groups is 1. The number of pyridine rings is 1. The first-order chi connectivity index (χ1) is 12.6. The van der Waals surface area contributed by atoms with Crippen LogP contribution in [0.4, 0.5) is 0 Å². The molecule has 1 amide bonds. The van der Waals surface area contributed by atoms with Gasteiger partial charge in [-0.15, -0.1) is 0 Å². The van der Waals surface area contributed by atoms with Crippen LogP contribution in [0.1, 0.15) is 35.2 Å². The van der Waals surface area contributed by atoms with E-state index in [0.717, 1.165) is 44.5 Å². The summed E-state index contributed by atoms with van der Waals surface area (Å²) < 4.78 is 3.65. The van der Waals surface area contributed by atoms with E-state index in [9.17, 15) is 9.59 Å². The van der Waals surface area contributed by atoms with Crippen LogP contribution in [-0.4, -0.2) is 39.7 Å². The number of rotatable bonds is 7. The smallest absolute Gasteiger partial charge is 0.263 e. The quantitative estimate of drug-likeness (QED) is 0.729. The number of aryl methyl sites for hydroxylation is 2. The zero-order valence-electron chi connectivity index (χ0n) is 15.3. The van der Waals surface area contributed by atoms with Gasteiger partial charge in [-0.25, -0.2) is 4.98 Å². The molecule has 2 aromatic heterocycles. The monoisotopic (exact) mass is 357 g/mol. The van der Waals surface area contributed by atoms with E-state index in [0.29, 0.717) is 19.0 Å². The number of nitrogens with one attached hydrogen (secondary N) is 2. The van der Waals surface area contributed by atoms with Crippen LogP contribution in [-0.2, 0) is 13.1 Å². The number of carbonyl (C=O) groups excluding carboxylic acids is 1. The lowest BCUT2D eigenvalue weighted by Crippen LogP contribution is -2.38. The van der Waals surface area contributed by atoms with Crippen molar-refractivity contribution in [3.05, 3.63) is 52.5 Å². The third kappa shape index (κ3) is 4.60. The van der Waals surface area contributed by atoms with Gasteiger partial charge < -0.3 is 19.8 Å². The number of amides is 1. The Bertz CT molecular complexity index is 776. The summed E-state index contributed by atoms with van der Waals surface area (Å²) in [5.41, 5.74) is 0.793. The maximum absolute atomic E-state index is 12.8. The second-order valence-electron chi connectivity index (χ2n) is 6.95. The zero-order valence-corrected chi connectivity index (χ0v) is 15.3. The van der Waals surface area contributed by atoms with Gasteiger partial charge >= 0.3 is 0 Å². The fourth-order valence-electron chi connectivity index (χ4n) is 3.41. The van der Waals surface area contributed by atoms with E-state index in [1.807, 2.05) is 30.0 Å². The van der Waals surface area contributed by atoms with Crippen LogP contribution in [0.2, 0.25) is 0 Å². The molecule has 0 aromatic carbocycles. The Labute approximate surface area is 153 Å². The van der Waals surface area contributed by atoms with Gasteiger partial charge in [0, 0.05) is 38.2 Å². The van der Waals surface area contributed by atoms with Gasteiger partial charge in [0.15, 0.2) is 0 Å². The highest BCUT2D eigenvalue weighted by Crippen LogP contribution is 2.12. The second-order valence-corrected chi connectivity index (χ2v) is 6.95. The van der Waals surface area contributed by atoms with Crippen LogP contribution < -0.4 is 16.2 Å². The van der Waals surface area contributed by atoms with Crippen molar-refractivity contribution in [3.63, 3.8) is 0 Å². The van der Waals surface area contributed by atoms with E-state index in [2.05, 4.69) is 15.6 Å². The number of imidazole rings is 1. The highest BCUT2D eigenvalue weighted by Gasteiger charge is 2.18. The molecule has 3 rings (SSSR count). The van der Waals surface area contributed by atoms with Gasteiger partial charge in [0.25, 0.3) is 11.5 Å². The predicted molar refractivity (Wildman–Crippen MR) is 100 cm³/mol. The highest BCUT2D eigenvalue weighted by atomic mass is 16.2. The molecule has 140 valence electrons. The van der Waals surface area contributed by atoms with E-state index in [-0.39, 0.29) is 17.0 Å². The molecule has 0 saturated carbocycles. The Hall–Kier alpha value is -2.41. The van der Waals surface area contributed by atoms with Crippen LogP contribution >= 0.6 is 0 Å². The van der Waals surface area contributed by atoms with Crippen molar-refractivity contribution in [1.29, 1.82) is 0 Å². The number of hydrogen-bond acceptors (Lipinski definition) is 4. The summed E-state index contributed by atoms with van der Waals surface area (Å²) in [6.45, 7) is 5.76. The molecule has 7 heteroatoms. The fraction of sp³-hybridized carbons (Fsp3) is 0.526. The molecular weight excluding hydrogens is 330 g/mol. The average molecular weight is 357 g/mol. The Balaban J connectivity index is 1.61. The van der Waals surface area contributed by atoms with Crippen molar-refractivity contribution < 1.29 is 4.79 Å². The van der Waals surface area contributed by atoms with E-state index in [1.54, 1.807) is 17.1 Å². The SMILES string of the molecule is Cc1ccn(CC2CCCNC2)c(=O)c1C(=O)NCCCn1ccnc1. The molecular formula is C19H27N5O2. The molecule has 7 nitrogen and oxygen atoms in total. The van der Waals surface area contributed by atoms with E-state index in [4.69, 9.17) is 0 Å². The molecule has 1 unspecified atom stereocenters. The molecule has 0 aliphatic carbocycles. The topological polar surface area (TPSA) is 81.0 Å². The molecule has 1 atom stereocenters. The normalized spacial score (nSPS) is 17.2. The lowest BCUT2D eigenvalue weighted by atomic mass is 9.99. The minimum absolute atomic E-state index is 0.192. The van der Waals surface area contributed by atoms with Crippen LogP contribution in [0.3, 0.4) is 0 Å². The molecule has 0 radical (unpaired) electrons. The largest absolute Gasteiger partial charge is 0.352 e. The molecule has 2 N–H and O–H groups in total. The van der Waals surface area contributed by atoms with Gasteiger partial charge in [-0.05, 0) is 56.8 Å². The molecule has 3 heterocycles. The number of hydrogen-bond donors (Lipinski definition) is 2. The number of nitrogens with zero attached hydrogens (tertiary/aromatic N) is 3. The highest BCUT2D eigenvalue weighted by molar-refractivity contribution is 5.95. The van der Waals surface area contributed by atoms with E-state index < -0.39 is 0 Å². The number of piperidine rings is 1. The van der Waals surface area contributed by atoms with Gasteiger partial charge in [0.2, 0.25) is 0 Å². The Kier molecular flexibility index (Phi) is 6.22. The third-order valence-electron chi connectivity index (χ3n) is 4.89. The van der Waals surface area contributed by atoms with Gasteiger partial charge in [-0.2, -0.15) is 0 Å². The first kappa shape index (κ1) is 18.4. The zero-order chi connectivity index (χ0) is 18.4. The lowest BCUT2D eigenvalue weighted by molar-refractivity contribution is 0.0949. The summed E-state index contributed by atoms with van der Waals surface area (Å²) in [5, 5.41) is 6.24. The first-order valence-electron chi connectivity index (χ1n) is 9.30. The summed E-state index contributed by atoms with van der Waals surface area (Å²) in [7, 11) is 0. The van der Waals surface area contributed by atoms with Crippen LogP contribution in [0.25, 0.3) is 0 Å². The molecule has 0 spiro atoms. The van der Waals surface area contributed by atoms with Gasteiger partial charge in [-0.1, -0.05) is 0 Å². The second kappa shape index (κ2) is 8.80. The maximum atomic E-state index is 12.8. The van der Waals surface area contributed by atoms with Gasteiger partial charge in [-0.3, -0.25) is 9.59 Å². The first-order valence-corrected chi connectivity index (χ1v) is 9.30. The minimum atomic E-state index is -0.283. The molecule has 1 fully saturated rings. The molecule has 26 heavy (non-hydrogen) atoms. The van der Waals surface area contributed by atoms with Crippen molar-refractivity contribution in [1.82, 2.24) is 24.8 Å². The summed E-state index contributed by atoms with van der Waals surface area (Å²) in [6.07, 6.45) is 10.2. The third-order valence-corrected chi connectivity index (χ3v) is 4.89.